The number of nitrogens with two attached hydrogens (primary N) is 1. The Bertz CT molecular complexity index is 408. The van der Waals surface area contributed by atoms with E-state index in [1.807, 2.05) is 6.07 Å². The highest BCUT2D eigenvalue weighted by Crippen LogP contribution is 2.38. The van der Waals surface area contributed by atoms with Gasteiger partial charge in [-0.2, -0.15) is 0 Å². The summed E-state index contributed by atoms with van der Waals surface area (Å²) >= 11 is 0. The molecule has 4 heteroatoms. The molecule has 4 nitrogen and oxygen atoms in total. The fourth-order valence-electron chi connectivity index (χ4n) is 2.75. The first-order valence-corrected chi connectivity index (χ1v) is 6.19. The van der Waals surface area contributed by atoms with Gasteiger partial charge in [-0.1, -0.05) is 6.07 Å². The summed E-state index contributed by atoms with van der Waals surface area (Å²) in [5, 5.41) is 3.40. The predicted octanol–water partition coefficient (Wildman–Crippen LogP) is 1.07. The van der Waals surface area contributed by atoms with E-state index >= 15 is 0 Å². The maximum absolute atomic E-state index is 5.85. The lowest BCUT2D eigenvalue weighted by Gasteiger charge is -2.31. The zero-order valence-corrected chi connectivity index (χ0v) is 9.82. The number of nitrogens with one attached hydrogen (secondary N) is 1. The molecule has 1 aromatic carbocycles. The Labute approximate surface area is 101 Å². The zero-order valence-electron chi connectivity index (χ0n) is 9.82. The van der Waals surface area contributed by atoms with E-state index in [4.69, 9.17) is 15.2 Å². The normalized spacial score (nSPS) is 27.1. The van der Waals surface area contributed by atoms with Crippen LogP contribution >= 0.6 is 0 Å². The Morgan fingerprint density at radius 3 is 3.06 bits per heavy atom. The molecule has 0 saturated carbocycles. The molecule has 2 aliphatic rings. The highest BCUT2D eigenvalue weighted by Gasteiger charge is 2.26. The third-order valence-electron chi connectivity index (χ3n) is 3.74. The third-order valence-corrected chi connectivity index (χ3v) is 3.74. The second-order valence-electron chi connectivity index (χ2n) is 4.71. The fourth-order valence-corrected chi connectivity index (χ4v) is 2.75. The van der Waals surface area contributed by atoms with Gasteiger partial charge in [0.2, 0.25) is 6.79 Å². The van der Waals surface area contributed by atoms with Crippen LogP contribution in [0, 0.1) is 5.92 Å². The molecule has 1 fully saturated rings. The number of fused-ring (bicyclic) bond motifs is 1. The molecular formula is C13H18N2O2. The van der Waals surface area contributed by atoms with Crippen LogP contribution in [-0.2, 0) is 0 Å². The van der Waals surface area contributed by atoms with E-state index in [9.17, 15) is 0 Å². The number of benzene rings is 1. The molecule has 0 amide bonds. The lowest BCUT2D eigenvalue weighted by Crippen LogP contribution is -2.39. The van der Waals surface area contributed by atoms with Gasteiger partial charge in [-0.25, -0.2) is 0 Å². The average molecular weight is 234 g/mol. The Hall–Kier alpha value is -1.26. The number of ether oxygens (including phenoxy) is 2. The SMILES string of the molecule is NCC1CNCCC1c1ccc2c(c1)OCO2. The molecule has 0 radical (unpaired) electrons. The van der Waals surface area contributed by atoms with Crippen molar-refractivity contribution in [2.24, 2.45) is 11.7 Å². The van der Waals surface area contributed by atoms with E-state index < -0.39 is 0 Å². The van der Waals surface area contributed by atoms with Crippen LogP contribution < -0.4 is 20.5 Å². The van der Waals surface area contributed by atoms with Crippen LogP contribution in [0.25, 0.3) is 0 Å². The topological polar surface area (TPSA) is 56.5 Å². The number of hydrogen-bond acceptors (Lipinski definition) is 4. The van der Waals surface area contributed by atoms with Gasteiger partial charge in [0.05, 0.1) is 0 Å². The smallest absolute Gasteiger partial charge is 0.231 e. The monoisotopic (exact) mass is 234 g/mol. The van der Waals surface area contributed by atoms with Crippen molar-refractivity contribution in [1.82, 2.24) is 5.32 Å². The summed E-state index contributed by atoms with van der Waals surface area (Å²) < 4.78 is 10.8. The van der Waals surface area contributed by atoms with Crippen LogP contribution in [0.2, 0.25) is 0 Å². The minimum absolute atomic E-state index is 0.339. The quantitative estimate of drug-likeness (QED) is 0.803. The van der Waals surface area contributed by atoms with Crippen LogP contribution in [-0.4, -0.2) is 26.4 Å². The lowest BCUT2D eigenvalue weighted by atomic mass is 9.81. The van der Waals surface area contributed by atoms with Gasteiger partial charge < -0.3 is 20.5 Å². The lowest BCUT2D eigenvalue weighted by molar-refractivity contribution is 0.174. The van der Waals surface area contributed by atoms with Crippen molar-refractivity contribution >= 4 is 0 Å². The minimum Gasteiger partial charge on any atom is -0.454 e. The molecule has 1 aromatic rings. The third kappa shape index (κ3) is 1.98. The summed E-state index contributed by atoms with van der Waals surface area (Å²) in [6.45, 7) is 3.14. The van der Waals surface area contributed by atoms with Crippen molar-refractivity contribution in [3.63, 3.8) is 0 Å². The van der Waals surface area contributed by atoms with Crippen molar-refractivity contribution in [1.29, 1.82) is 0 Å². The van der Waals surface area contributed by atoms with E-state index in [-0.39, 0.29) is 0 Å². The first-order chi connectivity index (χ1) is 8.38. The first kappa shape index (κ1) is 10.9. The number of hydrogen-bond donors (Lipinski definition) is 2. The fraction of sp³-hybridized carbons (Fsp3) is 0.538. The van der Waals surface area contributed by atoms with Crippen LogP contribution in [0.1, 0.15) is 17.9 Å². The molecule has 1 saturated heterocycles. The molecule has 2 heterocycles. The summed E-state index contributed by atoms with van der Waals surface area (Å²) in [5.41, 5.74) is 7.17. The summed E-state index contributed by atoms with van der Waals surface area (Å²) in [6, 6.07) is 6.26. The molecule has 3 N–H and O–H groups in total. The molecule has 2 aliphatic heterocycles. The summed E-state index contributed by atoms with van der Waals surface area (Å²) in [6.07, 6.45) is 1.14. The largest absolute Gasteiger partial charge is 0.454 e. The maximum Gasteiger partial charge on any atom is 0.231 e. The number of piperidine rings is 1. The van der Waals surface area contributed by atoms with Gasteiger partial charge in [-0.3, -0.25) is 0 Å². The van der Waals surface area contributed by atoms with Gasteiger partial charge in [-0.15, -0.1) is 0 Å². The standard InChI is InChI=1S/C13H18N2O2/c14-6-10-7-15-4-3-11(10)9-1-2-12-13(5-9)17-8-16-12/h1-2,5,10-11,15H,3-4,6-8,14H2. The molecule has 0 aliphatic carbocycles. The Balaban J connectivity index is 1.87. The van der Waals surface area contributed by atoms with E-state index in [0.717, 1.165) is 37.6 Å². The van der Waals surface area contributed by atoms with Crippen LogP contribution in [0.4, 0.5) is 0 Å². The van der Waals surface area contributed by atoms with Gasteiger partial charge in [0.25, 0.3) is 0 Å². The van der Waals surface area contributed by atoms with E-state index in [0.29, 0.717) is 18.6 Å². The van der Waals surface area contributed by atoms with E-state index in [2.05, 4.69) is 17.4 Å². The first-order valence-electron chi connectivity index (χ1n) is 6.19. The van der Waals surface area contributed by atoms with Crippen LogP contribution in [0.3, 0.4) is 0 Å². The number of rotatable bonds is 2. The molecule has 17 heavy (non-hydrogen) atoms. The second kappa shape index (κ2) is 4.55. The summed E-state index contributed by atoms with van der Waals surface area (Å²) in [4.78, 5) is 0. The Morgan fingerprint density at radius 1 is 1.29 bits per heavy atom. The molecule has 0 bridgehead atoms. The summed E-state index contributed by atoms with van der Waals surface area (Å²) in [7, 11) is 0. The predicted molar refractivity (Wildman–Crippen MR) is 65.3 cm³/mol. The van der Waals surface area contributed by atoms with Gasteiger partial charge in [-0.05, 0) is 55.6 Å². The zero-order chi connectivity index (χ0) is 11.7. The molecular weight excluding hydrogens is 216 g/mol. The molecule has 0 aromatic heterocycles. The van der Waals surface area contributed by atoms with Gasteiger partial charge in [0.1, 0.15) is 0 Å². The maximum atomic E-state index is 5.85. The van der Waals surface area contributed by atoms with Crippen LogP contribution in [0.15, 0.2) is 18.2 Å². The minimum atomic E-state index is 0.339. The van der Waals surface area contributed by atoms with Gasteiger partial charge >= 0.3 is 0 Å². The van der Waals surface area contributed by atoms with Crippen molar-refractivity contribution in [3.05, 3.63) is 23.8 Å². The second-order valence-corrected chi connectivity index (χ2v) is 4.71. The average Bonchev–Trinajstić information content (AvgIpc) is 2.85. The van der Waals surface area contributed by atoms with Crippen molar-refractivity contribution < 1.29 is 9.47 Å². The highest BCUT2D eigenvalue weighted by atomic mass is 16.7. The Morgan fingerprint density at radius 2 is 2.18 bits per heavy atom. The summed E-state index contributed by atoms with van der Waals surface area (Å²) in [5.74, 6) is 2.78. The molecule has 2 atom stereocenters. The molecule has 3 rings (SSSR count). The highest BCUT2D eigenvalue weighted by molar-refractivity contribution is 5.45. The molecule has 0 spiro atoms. The van der Waals surface area contributed by atoms with E-state index in [1.54, 1.807) is 0 Å². The van der Waals surface area contributed by atoms with Crippen molar-refractivity contribution in [3.8, 4) is 11.5 Å². The van der Waals surface area contributed by atoms with Crippen LogP contribution in [0.5, 0.6) is 11.5 Å². The molecule has 92 valence electrons. The van der Waals surface area contributed by atoms with Crippen molar-refractivity contribution in [2.45, 2.75) is 12.3 Å². The van der Waals surface area contributed by atoms with Crippen molar-refractivity contribution in [2.75, 3.05) is 26.4 Å². The van der Waals surface area contributed by atoms with Gasteiger partial charge in [0.15, 0.2) is 11.5 Å². The van der Waals surface area contributed by atoms with E-state index in [1.165, 1.54) is 5.56 Å². The molecule has 2 unspecified atom stereocenters. The Kier molecular flexibility index (Phi) is 2.91. The van der Waals surface area contributed by atoms with Gasteiger partial charge in [0, 0.05) is 0 Å².